The normalized spacial score (nSPS) is 19.7. The first-order valence-electron chi connectivity index (χ1n) is 6.26. The molecule has 6 heteroatoms. The molecule has 0 saturated carbocycles. The quantitative estimate of drug-likeness (QED) is 0.769. The van der Waals surface area contributed by atoms with Gasteiger partial charge in [0.25, 0.3) is 0 Å². The van der Waals surface area contributed by atoms with Crippen LogP contribution in [-0.4, -0.2) is 42.9 Å². The molecule has 1 aliphatic rings. The number of rotatable bonds is 5. The summed E-state index contributed by atoms with van der Waals surface area (Å²) in [6.45, 7) is 4.94. The molecule has 3 N–H and O–H groups in total. The first-order chi connectivity index (χ1) is 8.00. The Hall–Kier alpha value is -0.810. The van der Waals surface area contributed by atoms with Crippen LogP contribution in [0, 0.1) is 5.41 Å². The molecular formula is C12H24ClN3O2. The van der Waals surface area contributed by atoms with E-state index >= 15 is 0 Å². The van der Waals surface area contributed by atoms with Crippen LogP contribution in [0.5, 0.6) is 0 Å². The van der Waals surface area contributed by atoms with Gasteiger partial charge in [0, 0.05) is 20.1 Å². The Morgan fingerprint density at radius 3 is 2.39 bits per heavy atom. The number of likely N-dealkylation sites (N-methyl/N-ethyl adjacent to an activating group) is 1. The van der Waals surface area contributed by atoms with E-state index in [1.807, 2.05) is 13.8 Å². The van der Waals surface area contributed by atoms with Crippen molar-refractivity contribution in [2.45, 2.75) is 39.2 Å². The van der Waals surface area contributed by atoms with Crippen molar-refractivity contribution in [3.63, 3.8) is 0 Å². The summed E-state index contributed by atoms with van der Waals surface area (Å²) >= 11 is 0. The highest BCUT2D eigenvalue weighted by molar-refractivity contribution is 5.91. The van der Waals surface area contributed by atoms with Crippen molar-refractivity contribution in [1.82, 2.24) is 10.2 Å². The van der Waals surface area contributed by atoms with E-state index in [-0.39, 0.29) is 30.3 Å². The highest BCUT2D eigenvalue weighted by Crippen LogP contribution is 2.25. The van der Waals surface area contributed by atoms with Crippen molar-refractivity contribution in [2.75, 3.05) is 20.1 Å². The first-order valence-corrected chi connectivity index (χ1v) is 6.26. The Kier molecular flexibility index (Phi) is 6.63. The van der Waals surface area contributed by atoms with E-state index < -0.39 is 5.41 Å². The van der Waals surface area contributed by atoms with Gasteiger partial charge in [0.05, 0.1) is 5.41 Å². The molecule has 0 aromatic rings. The van der Waals surface area contributed by atoms with E-state index in [1.54, 1.807) is 11.9 Å². The Morgan fingerprint density at radius 1 is 1.50 bits per heavy atom. The Balaban J connectivity index is 0.00000289. The second-order valence-electron chi connectivity index (χ2n) is 4.77. The lowest BCUT2D eigenvalue weighted by Crippen LogP contribution is -2.50. The van der Waals surface area contributed by atoms with Crippen molar-refractivity contribution >= 4 is 24.2 Å². The molecule has 1 heterocycles. The van der Waals surface area contributed by atoms with Crippen LogP contribution in [0.1, 0.15) is 33.1 Å². The molecule has 2 amide bonds. The number of nitrogens with one attached hydrogen (secondary N) is 1. The first kappa shape index (κ1) is 17.2. The highest BCUT2D eigenvalue weighted by Gasteiger charge is 2.38. The van der Waals surface area contributed by atoms with Gasteiger partial charge >= 0.3 is 0 Å². The Labute approximate surface area is 115 Å². The molecule has 1 aliphatic heterocycles. The summed E-state index contributed by atoms with van der Waals surface area (Å²) in [6.07, 6.45) is 2.08. The number of nitrogens with two attached hydrogens (primary N) is 1. The molecular weight excluding hydrogens is 254 g/mol. The summed E-state index contributed by atoms with van der Waals surface area (Å²) in [7, 11) is 1.75. The zero-order valence-corrected chi connectivity index (χ0v) is 12.2. The lowest BCUT2D eigenvalue weighted by Gasteiger charge is -2.29. The van der Waals surface area contributed by atoms with E-state index in [4.69, 9.17) is 5.73 Å². The molecule has 18 heavy (non-hydrogen) atoms. The minimum Gasteiger partial charge on any atom is -0.344 e. The van der Waals surface area contributed by atoms with Gasteiger partial charge in [-0.25, -0.2) is 0 Å². The second-order valence-corrected chi connectivity index (χ2v) is 4.77. The number of hydrogen-bond donors (Lipinski definition) is 2. The fraction of sp³-hybridized carbons (Fsp3) is 0.833. The standard InChI is InChI=1S/C12H23N3O2.ClH/c1-4-12(5-2,8-13)11(17)14-9-6-7-15(3)10(9)16;/h9H,4-8,13H2,1-3H3,(H,14,17);1H. The minimum absolute atomic E-state index is 0. The average molecular weight is 278 g/mol. The van der Waals surface area contributed by atoms with Crippen LogP contribution in [0.25, 0.3) is 0 Å². The molecule has 1 rings (SSSR count). The fourth-order valence-corrected chi connectivity index (χ4v) is 2.22. The predicted molar refractivity (Wildman–Crippen MR) is 73.5 cm³/mol. The smallest absolute Gasteiger partial charge is 0.244 e. The monoisotopic (exact) mass is 277 g/mol. The number of amides is 2. The van der Waals surface area contributed by atoms with Crippen LogP contribution in [0.4, 0.5) is 0 Å². The maximum absolute atomic E-state index is 12.2. The SMILES string of the molecule is CCC(CC)(CN)C(=O)NC1CCN(C)C1=O.Cl. The van der Waals surface area contributed by atoms with Crippen molar-refractivity contribution in [3.8, 4) is 0 Å². The topological polar surface area (TPSA) is 75.4 Å². The molecule has 0 radical (unpaired) electrons. The van der Waals surface area contributed by atoms with Gasteiger partial charge in [-0.3, -0.25) is 9.59 Å². The highest BCUT2D eigenvalue weighted by atomic mass is 35.5. The number of likely N-dealkylation sites (tertiary alicyclic amines) is 1. The van der Waals surface area contributed by atoms with Crippen molar-refractivity contribution in [1.29, 1.82) is 0 Å². The van der Waals surface area contributed by atoms with Crippen LogP contribution < -0.4 is 11.1 Å². The number of carbonyl (C=O) groups is 2. The Bertz CT molecular complexity index is 297. The summed E-state index contributed by atoms with van der Waals surface area (Å²) in [5, 5.41) is 2.84. The minimum atomic E-state index is -0.526. The largest absolute Gasteiger partial charge is 0.344 e. The molecule has 0 aromatic carbocycles. The Morgan fingerprint density at radius 2 is 2.06 bits per heavy atom. The fourth-order valence-electron chi connectivity index (χ4n) is 2.22. The molecule has 0 bridgehead atoms. The van der Waals surface area contributed by atoms with Crippen molar-refractivity contribution in [3.05, 3.63) is 0 Å². The van der Waals surface area contributed by atoms with Gasteiger partial charge in [-0.1, -0.05) is 13.8 Å². The van der Waals surface area contributed by atoms with Crippen LogP contribution >= 0.6 is 12.4 Å². The second kappa shape index (κ2) is 6.95. The van der Waals surface area contributed by atoms with Crippen LogP contribution in [-0.2, 0) is 9.59 Å². The molecule has 1 saturated heterocycles. The van der Waals surface area contributed by atoms with Crippen molar-refractivity contribution < 1.29 is 9.59 Å². The van der Waals surface area contributed by atoms with Gasteiger partial charge in [-0.05, 0) is 19.3 Å². The van der Waals surface area contributed by atoms with Crippen LogP contribution in [0.2, 0.25) is 0 Å². The third-order valence-electron chi connectivity index (χ3n) is 3.96. The average Bonchev–Trinajstić information content (AvgIpc) is 2.64. The third kappa shape index (κ3) is 3.14. The molecule has 1 fully saturated rings. The number of carbonyl (C=O) groups excluding carboxylic acids is 2. The van der Waals surface area contributed by atoms with E-state index in [0.717, 1.165) is 0 Å². The lowest BCUT2D eigenvalue weighted by atomic mass is 9.81. The zero-order valence-electron chi connectivity index (χ0n) is 11.4. The van der Waals surface area contributed by atoms with Gasteiger partial charge in [-0.15, -0.1) is 12.4 Å². The van der Waals surface area contributed by atoms with Crippen LogP contribution in [0.15, 0.2) is 0 Å². The third-order valence-corrected chi connectivity index (χ3v) is 3.96. The number of hydrogen-bond acceptors (Lipinski definition) is 3. The van der Waals surface area contributed by atoms with Crippen LogP contribution in [0.3, 0.4) is 0 Å². The van der Waals surface area contributed by atoms with E-state index in [1.165, 1.54) is 0 Å². The summed E-state index contributed by atoms with van der Waals surface area (Å²) in [5.41, 5.74) is 5.18. The maximum Gasteiger partial charge on any atom is 0.244 e. The van der Waals surface area contributed by atoms with Crippen molar-refractivity contribution in [2.24, 2.45) is 11.1 Å². The molecule has 1 atom stereocenters. The lowest BCUT2D eigenvalue weighted by molar-refractivity contribution is -0.136. The predicted octanol–water partition coefficient (Wildman–Crippen LogP) is 0.520. The molecule has 0 aliphatic carbocycles. The van der Waals surface area contributed by atoms with E-state index in [0.29, 0.717) is 32.4 Å². The van der Waals surface area contributed by atoms with E-state index in [2.05, 4.69) is 5.32 Å². The van der Waals surface area contributed by atoms with E-state index in [9.17, 15) is 9.59 Å². The zero-order chi connectivity index (χ0) is 13.1. The summed E-state index contributed by atoms with van der Waals surface area (Å²) in [5.74, 6) is -0.0878. The van der Waals surface area contributed by atoms with Gasteiger partial charge in [0.15, 0.2) is 0 Å². The number of halogens is 1. The van der Waals surface area contributed by atoms with Gasteiger partial charge in [-0.2, -0.15) is 0 Å². The summed E-state index contributed by atoms with van der Waals surface area (Å²) in [4.78, 5) is 25.6. The molecule has 5 nitrogen and oxygen atoms in total. The number of nitrogens with zero attached hydrogens (tertiary/aromatic N) is 1. The summed E-state index contributed by atoms with van der Waals surface area (Å²) < 4.78 is 0. The molecule has 106 valence electrons. The van der Waals surface area contributed by atoms with Gasteiger partial charge in [0.1, 0.15) is 6.04 Å². The molecule has 0 spiro atoms. The molecule has 0 aromatic heterocycles. The molecule has 1 unspecified atom stereocenters. The van der Waals surface area contributed by atoms with Gasteiger partial charge in [0.2, 0.25) is 11.8 Å². The summed E-state index contributed by atoms with van der Waals surface area (Å²) in [6, 6.07) is -0.364. The van der Waals surface area contributed by atoms with Gasteiger partial charge < -0.3 is 16.0 Å². The maximum atomic E-state index is 12.2.